The van der Waals surface area contributed by atoms with Gasteiger partial charge in [-0.1, -0.05) is 54.6 Å². The molecule has 0 fully saturated rings. The van der Waals surface area contributed by atoms with Gasteiger partial charge in [-0.05, 0) is 41.8 Å². The molecule has 0 aromatic heterocycles. The predicted octanol–water partition coefficient (Wildman–Crippen LogP) is 4.37. The number of aryl methyl sites for hydroxylation is 1. The highest BCUT2D eigenvalue weighted by Crippen LogP contribution is 2.26. The van der Waals surface area contributed by atoms with Gasteiger partial charge in [0.2, 0.25) is 0 Å². The molecule has 121 valence electrons. The first-order chi connectivity index (χ1) is 11.7. The van der Waals surface area contributed by atoms with E-state index in [1.807, 2.05) is 73.7 Å². The predicted molar refractivity (Wildman–Crippen MR) is 100 cm³/mol. The molecule has 0 N–H and O–H groups in total. The van der Waals surface area contributed by atoms with Crippen LogP contribution in [0.25, 0.3) is 0 Å². The highest BCUT2D eigenvalue weighted by molar-refractivity contribution is 7.61. The lowest BCUT2D eigenvalue weighted by molar-refractivity contribution is 0.410. The number of rotatable bonds is 5. The van der Waals surface area contributed by atoms with Gasteiger partial charge in [0.15, 0.2) is 0 Å². The lowest BCUT2D eigenvalue weighted by Gasteiger charge is -2.12. The molecule has 3 heteroatoms. The first-order valence-electron chi connectivity index (χ1n) is 7.93. The summed E-state index contributed by atoms with van der Waals surface area (Å²) in [5, 5.41) is 1.80. The fourth-order valence-corrected chi connectivity index (χ4v) is 4.35. The van der Waals surface area contributed by atoms with E-state index in [1.54, 1.807) is 7.11 Å². The molecule has 1 radical (unpaired) electrons. The minimum atomic E-state index is -1.61. The molecule has 1 atom stereocenters. The van der Waals surface area contributed by atoms with E-state index in [2.05, 4.69) is 6.07 Å². The summed E-state index contributed by atoms with van der Waals surface area (Å²) < 4.78 is 18.6. The van der Waals surface area contributed by atoms with Crippen LogP contribution >= 0.6 is 7.80 Å². The molecule has 0 aliphatic carbocycles. The molecule has 3 rings (SSSR count). The van der Waals surface area contributed by atoms with Gasteiger partial charge < -0.3 is 4.74 Å². The van der Waals surface area contributed by atoms with E-state index < -0.39 is 7.80 Å². The summed E-state index contributed by atoms with van der Waals surface area (Å²) in [5.41, 5.74) is 3.23. The van der Waals surface area contributed by atoms with Gasteiger partial charge in [-0.25, -0.2) is 0 Å². The van der Waals surface area contributed by atoms with Gasteiger partial charge in [0.05, 0.1) is 7.11 Å². The highest BCUT2D eigenvalue weighted by atomic mass is 31.1. The molecule has 0 bridgehead atoms. The zero-order valence-corrected chi connectivity index (χ0v) is 14.8. The van der Waals surface area contributed by atoms with Crippen LogP contribution in [0.2, 0.25) is 0 Å². The monoisotopic (exact) mass is 335 g/mol. The molecule has 0 saturated heterocycles. The number of hydrogen-bond donors (Lipinski definition) is 0. The van der Waals surface area contributed by atoms with Crippen LogP contribution < -0.4 is 15.3 Å². The minimum Gasteiger partial charge on any atom is -0.496 e. The average molecular weight is 335 g/mol. The maximum absolute atomic E-state index is 13.1. The molecule has 1 unspecified atom stereocenters. The molecule has 3 aromatic carbocycles. The van der Waals surface area contributed by atoms with Crippen LogP contribution in [0.3, 0.4) is 0 Å². The summed E-state index contributed by atoms with van der Waals surface area (Å²) in [7, 11) is 0.0658. The van der Waals surface area contributed by atoms with Crippen molar-refractivity contribution in [3.8, 4) is 5.75 Å². The Hall–Kier alpha value is -2.44. The van der Waals surface area contributed by atoms with Crippen molar-refractivity contribution in [2.75, 3.05) is 7.11 Å². The molecule has 3 aromatic rings. The van der Waals surface area contributed by atoms with Crippen molar-refractivity contribution >= 4 is 18.4 Å². The Balaban J connectivity index is 2.00. The Labute approximate surface area is 143 Å². The zero-order valence-electron chi connectivity index (χ0n) is 13.9. The molecule has 0 spiro atoms. The van der Waals surface area contributed by atoms with Crippen LogP contribution in [-0.2, 0) is 11.0 Å². The minimum absolute atomic E-state index is 0.702. The summed E-state index contributed by atoms with van der Waals surface area (Å²) in [5.74, 6) is 0.860. The Bertz CT molecular complexity index is 871. The number of ether oxygens (including phenoxy) is 1. The van der Waals surface area contributed by atoms with E-state index in [0.29, 0.717) is 6.42 Å². The summed E-state index contributed by atoms with van der Waals surface area (Å²) in [6.45, 7) is 2.01. The van der Waals surface area contributed by atoms with E-state index >= 15 is 0 Å². The fourth-order valence-electron chi connectivity index (χ4n) is 2.83. The van der Waals surface area contributed by atoms with E-state index in [9.17, 15) is 4.57 Å². The van der Waals surface area contributed by atoms with E-state index in [1.165, 1.54) is 0 Å². The normalized spacial score (nSPS) is 11.2. The number of benzene rings is 3. The smallest absolute Gasteiger partial charge is 0.137 e. The second-order valence-electron chi connectivity index (χ2n) is 5.70. The molecule has 2 nitrogen and oxygen atoms in total. The average Bonchev–Trinajstić information content (AvgIpc) is 2.62. The lowest BCUT2D eigenvalue weighted by atomic mass is 10.0. The lowest BCUT2D eigenvalue weighted by Crippen LogP contribution is -2.14. The van der Waals surface area contributed by atoms with Crippen molar-refractivity contribution in [3.63, 3.8) is 0 Å². The van der Waals surface area contributed by atoms with Crippen LogP contribution in [-0.4, -0.2) is 7.11 Å². The molecular formula is C21H20O2P. The van der Waals surface area contributed by atoms with Gasteiger partial charge in [-0.3, -0.25) is 4.57 Å². The Kier molecular flexibility index (Phi) is 5.08. The number of para-hydroxylation sites is 1. The Morgan fingerprint density at radius 3 is 2.08 bits per heavy atom. The topological polar surface area (TPSA) is 26.3 Å². The van der Waals surface area contributed by atoms with Crippen LogP contribution in [0.4, 0.5) is 0 Å². The largest absolute Gasteiger partial charge is 0.496 e. The zero-order chi connectivity index (χ0) is 16.9. The van der Waals surface area contributed by atoms with Crippen molar-refractivity contribution in [2.24, 2.45) is 0 Å². The second-order valence-corrected chi connectivity index (χ2v) is 7.25. The third kappa shape index (κ3) is 3.39. The third-order valence-electron chi connectivity index (χ3n) is 4.12. The standard InChI is InChI=1S/C21H20O2P/c1-16-9-3-7-13-20(16)24(22)21-14-8-5-11-18(21)15-17-10-4-6-12-19(17)23-2/h3-14H,15H2,1-2H3. The molecule has 0 saturated carbocycles. The second kappa shape index (κ2) is 7.42. The van der Waals surface area contributed by atoms with E-state index in [-0.39, 0.29) is 0 Å². The van der Waals surface area contributed by atoms with Gasteiger partial charge in [-0.15, -0.1) is 0 Å². The first-order valence-corrected chi connectivity index (χ1v) is 9.19. The van der Waals surface area contributed by atoms with Gasteiger partial charge in [0.1, 0.15) is 13.6 Å². The highest BCUT2D eigenvalue weighted by Gasteiger charge is 2.15. The molecule has 24 heavy (non-hydrogen) atoms. The van der Waals surface area contributed by atoms with Gasteiger partial charge in [0.25, 0.3) is 0 Å². The number of methoxy groups -OCH3 is 1. The van der Waals surface area contributed by atoms with Crippen molar-refractivity contribution in [3.05, 3.63) is 89.5 Å². The van der Waals surface area contributed by atoms with Crippen molar-refractivity contribution in [1.82, 2.24) is 0 Å². The molecule has 0 amide bonds. The summed E-state index contributed by atoms with van der Waals surface area (Å²) in [6.07, 6.45) is 0.702. The maximum atomic E-state index is 13.1. The summed E-state index contributed by atoms with van der Waals surface area (Å²) in [4.78, 5) is 0. The first kappa shape index (κ1) is 16.4. The molecule has 0 aliphatic rings. The van der Waals surface area contributed by atoms with Crippen LogP contribution in [0.1, 0.15) is 16.7 Å². The van der Waals surface area contributed by atoms with Crippen molar-refractivity contribution < 1.29 is 9.30 Å². The quantitative estimate of drug-likeness (QED) is 0.647. The van der Waals surface area contributed by atoms with Gasteiger partial charge in [-0.2, -0.15) is 0 Å². The molecule has 0 heterocycles. The van der Waals surface area contributed by atoms with E-state index in [0.717, 1.165) is 33.0 Å². The van der Waals surface area contributed by atoms with Gasteiger partial charge in [0, 0.05) is 17.0 Å². The van der Waals surface area contributed by atoms with Crippen LogP contribution in [0.5, 0.6) is 5.75 Å². The van der Waals surface area contributed by atoms with E-state index in [4.69, 9.17) is 4.74 Å². The molecular weight excluding hydrogens is 315 g/mol. The van der Waals surface area contributed by atoms with Crippen LogP contribution in [0, 0.1) is 6.92 Å². The molecule has 0 aliphatic heterocycles. The van der Waals surface area contributed by atoms with Crippen LogP contribution in [0.15, 0.2) is 72.8 Å². The third-order valence-corrected chi connectivity index (χ3v) is 5.93. The Morgan fingerprint density at radius 2 is 1.38 bits per heavy atom. The maximum Gasteiger partial charge on any atom is 0.137 e. The Morgan fingerprint density at radius 1 is 0.792 bits per heavy atom. The van der Waals surface area contributed by atoms with Gasteiger partial charge >= 0.3 is 0 Å². The number of hydrogen-bond acceptors (Lipinski definition) is 2. The fraction of sp³-hybridized carbons (Fsp3) is 0.143. The van der Waals surface area contributed by atoms with Crippen molar-refractivity contribution in [1.29, 1.82) is 0 Å². The van der Waals surface area contributed by atoms with Crippen molar-refractivity contribution in [2.45, 2.75) is 13.3 Å². The SMILES string of the molecule is COc1ccccc1Cc1ccccc1[P](=O)c1ccccc1C. The summed E-state index contributed by atoms with van der Waals surface area (Å²) >= 11 is 0. The summed E-state index contributed by atoms with van der Waals surface area (Å²) in [6, 6.07) is 23.8.